The molecule has 2 rings (SSSR count). The van der Waals surface area contributed by atoms with Crippen molar-refractivity contribution in [3.05, 3.63) is 39.6 Å². The van der Waals surface area contributed by atoms with E-state index in [1.165, 1.54) is 24.1 Å². The lowest BCUT2D eigenvalue weighted by Gasteiger charge is -2.16. The molecule has 1 aromatic heterocycles. The number of anilines is 1. The molecular weight excluding hydrogens is 263 g/mol. The van der Waals surface area contributed by atoms with E-state index in [1.807, 2.05) is 13.8 Å². The number of nitrogens with zero attached hydrogens (tertiary/aromatic N) is 1. The molecule has 102 valence electrons. The van der Waals surface area contributed by atoms with E-state index in [-0.39, 0.29) is 11.9 Å². The van der Waals surface area contributed by atoms with Crippen molar-refractivity contribution in [3.8, 4) is 5.75 Å². The van der Waals surface area contributed by atoms with E-state index < -0.39 is 0 Å². The molecule has 1 N–H and O–H groups in total. The Morgan fingerprint density at radius 1 is 1.37 bits per heavy atom. The molecule has 5 heteroatoms. The number of ether oxygens (including phenoxy) is 1. The standard InChI is InChI=1S/C14H17FN2OS/c1-8(14-9(2)19-10(3)17-14)16-12-6-5-11(15)7-13(12)18-4/h5-8,16H,1-4H3. The number of benzene rings is 1. The van der Waals surface area contributed by atoms with Crippen molar-refractivity contribution < 1.29 is 9.13 Å². The number of nitrogens with one attached hydrogen (secondary N) is 1. The minimum absolute atomic E-state index is 0.0457. The summed E-state index contributed by atoms with van der Waals surface area (Å²) < 4.78 is 18.3. The molecule has 1 aromatic carbocycles. The number of methoxy groups -OCH3 is 1. The van der Waals surface area contributed by atoms with E-state index in [2.05, 4.69) is 17.2 Å². The van der Waals surface area contributed by atoms with Crippen LogP contribution in [0.2, 0.25) is 0 Å². The quantitative estimate of drug-likeness (QED) is 0.916. The van der Waals surface area contributed by atoms with Gasteiger partial charge < -0.3 is 10.1 Å². The zero-order valence-corrected chi connectivity index (χ0v) is 12.3. The molecule has 0 amide bonds. The summed E-state index contributed by atoms with van der Waals surface area (Å²) >= 11 is 1.68. The number of aryl methyl sites for hydroxylation is 2. The summed E-state index contributed by atoms with van der Waals surface area (Å²) in [4.78, 5) is 5.71. The summed E-state index contributed by atoms with van der Waals surface area (Å²) in [5.41, 5.74) is 1.79. The Balaban J connectivity index is 2.23. The van der Waals surface area contributed by atoms with Gasteiger partial charge in [0.1, 0.15) is 11.6 Å². The van der Waals surface area contributed by atoms with Gasteiger partial charge >= 0.3 is 0 Å². The van der Waals surface area contributed by atoms with Crippen molar-refractivity contribution in [2.45, 2.75) is 26.8 Å². The molecule has 0 aliphatic carbocycles. The van der Waals surface area contributed by atoms with Gasteiger partial charge in [0.05, 0.1) is 29.5 Å². The third-order valence-electron chi connectivity index (χ3n) is 2.89. The SMILES string of the molecule is COc1cc(F)ccc1NC(C)c1nc(C)sc1C. The van der Waals surface area contributed by atoms with Crippen molar-refractivity contribution in [1.29, 1.82) is 0 Å². The first-order chi connectivity index (χ1) is 9.01. The van der Waals surface area contributed by atoms with E-state index in [9.17, 15) is 4.39 Å². The Morgan fingerprint density at radius 2 is 2.11 bits per heavy atom. The molecular formula is C14H17FN2OS. The third kappa shape index (κ3) is 3.04. The second kappa shape index (κ2) is 5.57. The molecule has 0 spiro atoms. The van der Waals surface area contributed by atoms with E-state index in [4.69, 9.17) is 4.74 Å². The van der Waals surface area contributed by atoms with E-state index >= 15 is 0 Å². The maximum Gasteiger partial charge on any atom is 0.144 e. The Labute approximate surface area is 116 Å². The van der Waals surface area contributed by atoms with Crippen molar-refractivity contribution in [3.63, 3.8) is 0 Å². The van der Waals surface area contributed by atoms with E-state index in [0.717, 1.165) is 16.4 Å². The van der Waals surface area contributed by atoms with Crippen LogP contribution in [0.5, 0.6) is 5.75 Å². The number of thiazole rings is 1. The predicted molar refractivity (Wildman–Crippen MR) is 76.6 cm³/mol. The van der Waals surface area contributed by atoms with Gasteiger partial charge in [0.2, 0.25) is 0 Å². The summed E-state index contributed by atoms with van der Waals surface area (Å²) in [5, 5.41) is 4.36. The lowest BCUT2D eigenvalue weighted by Crippen LogP contribution is -2.09. The average molecular weight is 280 g/mol. The van der Waals surface area contributed by atoms with Crippen molar-refractivity contribution in [2.75, 3.05) is 12.4 Å². The van der Waals surface area contributed by atoms with E-state index in [0.29, 0.717) is 5.75 Å². The molecule has 1 atom stereocenters. The van der Waals surface area contributed by atoms with Crippen molar-refractivity contribution >= 4 is 17.0 Å². The lowest BCUT2D eigenvalue weighted by atomic mass is 10.2. The Morgan fingerprint density at radius 3 is 2.68 bits per heavy atom. The van der Waals surface area contributed by atoms with Crippen molar-refractivity contribution in [1.82, 2.24) is 4.98 Å². The largest absolute Gasteiger partial charge is 0.494 e. The van der Waals surface area contributed by atoms with Gasteiger partial charge in [-0.25, -0.2) is 9.37 Å². The number of halogens is 1. The lowest BCUT2D eigenvalue weighted by molar-refractivity contribution is 0.412. The number of rotatable bonds is 4. The smallest absolute Gasteiger partial charge is 0.144 e. The minimum atomic E-state index is -0.310. The van der Waals surface area contributed by atoms with E-state index in [1.54, 1.807) is 17.4 Å². The molecule has 1 heterocycles. The highest BCUT2D eigenvalue weighted by atomic mass is 32.1. The fourth-order valence-electron chi connectivity index (χ4n) is 2.03. The molecule has 0 radical (unpaired) electrons. The summed E-state index contributed by atoms with van der Waals surface area (Å²) in [6.45, 7) is 6.08. The number of hydrogen-bond donors (Lipinski definition) is 1. The number of aromatic nitrogens is 1. The van der Waals surface area contributed by atoms with Crippen LogP contribution in [0.15, 0.2) is 18.2 Å². The zero-order chi connectivity index (χ0) is 14.0. The summed E-state index contributed by atoms with van der Waals surface area (Å²) in [5.74, 6) is 0.187. The van der Waals surface area contributed by atoms with Crippen LogP contribution >= 0.6 is 11.3 Å². The van der Waals surface area contributed by atoms with Crippen molar-refractivity contribution in [2.24, 2.45) is 0 Å². The highest BCUT2D eigenvalue weighted by Gasteiger charge is 2.15. The van der Waals surface area contributed by atoms with Crippen LogP contribution in [0.3, 0.4) is 0 Å². The number of hydrogen-bond acceptors (Lipinski definition) is 4. The van der Waals surface area contributed by atoms with Crippen LogP contribution in [0, 0.1) is 19.7 Å². The molecule has 3 nitrogen and oxygen atoms in total. The van der Waals surface area contributed by atoms with Crippen LogP contribution in [0.1, 0.15) is 28.5 Å². The van der Waals surface area contributed by atoms with Gasteiger partial charge in [-0.1, -0.05) is 0 Å². The highest BCUT2D eigenvalue weighted by molar-refractivity contribution is 7.11. The predicted octanol–water partition coefficient (Wildman–Crippen LogP) is 4.08. The Kier molecular flexibility index (Phi) is 4.04. The molecule has 0 saturated heterocycles. The first-order valence-corrected chi connectivity index (χ1v) is 6.87. The highest BCUT2D eigenvalue weighted by Crippen LogP contribution is 2.30. The molecule has 0 aliphatic heterocycles. The first-order valence-electron chi connectivity index (χ1n) is 6.05. The Hall–Kier alpha value is -1.62. The molecule has 19 heavy (non-hydrogen) atoms. The zero-order valence-electron chi connectivity index (χ0n) is 11.5. The Bertz CT molecular complexity index is 583. The third-order valence-corrected chi connectivity index (χ3v) is 3.79. The van der Waals surface area contributed by atoms with Crippen LogP contribution in [0.25, 0.3) is 0 Å². The van der Waals surface area contributed by atoms with Gasteiger partial charge in [-0.05, 0) is 32.9 Å². The maximum atomic E-state index is 13.1. The summed E-state index contributed by atoms with van der Waals surface area (Å²) in [6.07, 6.45) is 0. The molecule has 2 aromatic rings. The second-order valence-corrected chi connectivity index (χ2v) is 5.79. The monoisotopic (exact) mass is 280 g/mol. The molecule has 0 aliphatic rings. The normalized spacial score (nSPS) is 12.3. The maximum absolute atomic E-state index is 13.1. The topological polar surface area (TPSA) is 34.1 Å². The fourth-order valence-corrected chi connectivity index (χ4v) is 2.95. The fraction of sp³-hybridized carbons (Fsp3) is 0.357. The second-order valence-electron chi connectivity index (χ2n) is 4.38. The van der Waals surface area contributed by atoms with Crippen LogP contribution in [-0.2, 0) is 0 Å². The molecule has 0 saturated carbocycles. The van der Waals surface area contributed by atoms with Gasteiger partial charge in [-0.15, -0.1) is 11.3 Å². The van der Waals surface area contributed by atoms with Crippen LogP contribution in [-0.4, -0.2) is 12.1 Å². The van der Waals surface area contributed by atoms with Crippen LogP contribution < -0.4 is 10.1 Å². The van der Waals surface area contributed by atoms with Gasteiger partial charge in [0.15, 0.2) is 0 Å². The summed E-state index contributed by atoms with van der Waals surface area (Å²) in [6, 6.07) is 4.51. The van der Waals surface area contributed by atoms with Gasteiger partial charge in [0.25, 0.3) is 0 Å². The van der Waals surface area contributed by atoms with Crippen LogP contribution in [0.4, 0.5) is 10.1 Å². The molecule has 0 fully saturated rings. The average Bonchev–Trinajstić information content (AvgIpc) is 2.70. The minimum Gasteiger partial charge on any atom is -0.494 e. The first kappa shape index (κ1) is 13.8. The van der Waals surface area contributed by atoms with Gasteiger partial charge in [0, 0.05) is 10.9 Å². The summed E-state index contributed by atoms with van der Waals surface area (Å²) in [7, 11) is 1.53. The molecule has 1 unspecified atom stereocenters. The van der Waals surface area contributed by atoms with Gasteiger partial charge in [-0.3, -0.25) is 0 Å². The molecule has 0 bridgehead atoms. The van der Waals surface area contributed by atoms with Gasteiger partial charge in [-0.2, -0.15) is 0 Å².